The molecule has 2 unspecified atom stereocenters. The van der Waals surface area contributed by atoms with Crippen LogP contribution in [-0.2, 0) is 16.1 Å². The van der Waals surface area contributed by atoms with E-state index in [0.717, 1.165) is 42.7 Å². The zero-order chi connectivity index (χ0) is 22.4. The highest BCUT2D eigenvalue weighted by Gasteiger charge is 2.40. The first-order chi connectivity index (χ1) is 16.2. The molecule has 33 heavy (non-hydrogen) atoms. The molecule has 8 heteroatoms. The average molecular weight is 447 g/mol. The van der Waals surface area contributed by atoms with Crippen LogP contribution in [0.25, 0.3) is 11.0 Å². The molecule has 8 nitrogen and oxygen atoms in total. The van der Waals surface area contributed by atoms with Crippen molar-refractivity contribution >= 4 is 28.5 Å². The Bertz CT molecular complexity index is 1220. The van der Waals surface area contributed by atoms with Gasteiger partial charge in [0.2, 0.25) is 11.8 Å². The number of carbonyl (C=O) groups excluding carboxylic acids is 2. The number of hydrogen-bond donors (Lipinski definition) is 0. The summed E-state index contributed by atoms with van der Waals surface area (Å²) >= 11 is 0. The SMILES string of the molecule is O=C1CC(C(=O)N2CCCC2Cn2cnc3ccccc32)CN1c1ccc2c(c1)OCCO2. The second-order valence-corrected chi connectivity index (χ2v) is 8.95. The van der Waals surface area contributed by atoms with E-state index in [0.29, 0.717) is 31.3 Å². The number of nitrogens with zero attached hydrogens (tertiary/aromatic N) is 4. The largest absolute Gasteiger partial charge is 0.486 e. The molecule has 0 saturated carbocycles. The molecule has 6 rings (SSSR count). The van der Waals surface area contributed by atoms with E-state index in [2.05, 4.69) is 15.6 Å². The van der Waals surface area contributed by atoms with Crippen molar-refractivity contribution in [2.24, 2.45) is 5.92 Å². The molecular formula is C25H26N4O4. The summed E-state index contributed by atoms with van der Waals surface area (Å²) in [6, 6.07) is 13.7. The Morgan fingerprint density at radius 3 is 2.85 bits per heavy atom. The molecule has 0 bridgehead atoms. The van der Waals surface area contributed by atoms with Gasteiger partial charge in [0.15, 0.2) is 11.5 Å². The van der Waals surface area contributed by atoms with Crippen molar-refractivity contribution in [3.05, 3.63) is 48.8 Å². The number of carbonyl (C=O) groups is 2. The van der Waals surface area contributed by atoms with Crippen LogP contribution >= 0.6 is 0 Å². The van der Waals surface area contributed by atoms with Gasteiger partial charge in [0.1, 0.15) is 13.2 Å². The molecule has 0 N–H and O–H groups in total. The van der Waals surface area contributed by atoms with Crippen LogP contribution < -0.4 is 14.4 Å². The minimum atomic E-state index is -0.328. The molecule has 2 aromatic carbocycles. The van der Waals surface area contributed by atoms with E-state index in [9.17, 15) is 9.59 Å². The minimum absolute atomic E-state index is 0.0265. The van der Waals surface area contributed by atoms with Gasteiger partial charge in [-0.25, -0.2) is 4.98 Å². The number of rotatable bonds is 4. The van der Waals surface area contributed by atoms with Crippen LogP contribution in [0.3, 0.4) is 0 Å². The van der Waals surface area contributed by atoms with Crippen molar-refractivity contribution in [1.29, 1.82) is 0 Å². The van der Waals surface area contributed by atoms with Crippen LogP contribution in [-0.4, -0.2) is 58.6 Å². The number of fused-ring (bicyclic) bond motifs is 2. The number of ether oxygens (including phenoxy) is 2. The number of amides is 2. The molecule has 3 aromatic rings. The van der Waals surface area contributed by atoms with E-state index in [1.165, 1.54) is 0 Å². The highest BCUT2D eigenvalue weighted by molar-refractivity contribution is 6.00. The number of hydrogen-bond acceptors (Lipinski definition) is 5. The van der Waals surface area contributed by atoms with Gasteiger partial charge in [0, 0.05) is 43.9 Å². The van der Waals surface area contributed by atoms with Crippen LogP contribution in [0, 0.1) is 5.92 Å². The number of benzene rings is 2. The van der Waals surface area contributed by atoms with Crippen LogP contribution in [0.1, 0.15) is 19.3 Å². The molecule has 0 aliphatic carbocycles. The van der Waals surface area contributed by atoms with Crippen molar-refractivity contribution < 1.29 is 19.1 Å². The van der Waals surface area contributed by atoms with Gasteiger partial charge in [0.25, 0.3) is 0 Å². The molecule has 170 valence electrons. The van der Waals surface area contributed by atoms with E-state index in [1.54, 1.807) is 4.90 Å². The average Bonchev–Trinajstić information content (AvgIpc) is 3.58. The first-order valence-corrected chi connectivity index (χ1v) is 11.6. The topological polar surface area (TPSA) is 76.9 Å². The minimum Gasteiger partial charge on any atom is -0.486 e. The van der Waals surface area contributed by atoms with E-state index >= 15 is 0 Å². The Hall–Kier alpha value is -3.55. The molecule has 2 saturated heterocycles. The van der Waals surface area contributed by atoms with Gasteiger partial charge < -0.3 is 23.8 Å². The highest BCUT2D eigenvalue weighted by Crippen LogP contribution is 2.36. The van der Waals surface area contributed by atoms with Gasteiger partial charge in [-0.15, -0.1) is 0 Å². The summed E-state index contributed by atoms with van der Waals surface area (Å²) in [6.45, 7) is 2.88. The van der Waals surface area contributed by atoms with Crippen molar-refractivity contribution in [1.82, 2.24) is 14.5 Å². The van der Waals surface area contributed by atoms with Crippen molar-refractivity contribution in [2.75, 3.05) is 31.2 Å². The number of para-hydroxylation sites is 2. The normalized spacial score (nSPS) is 22.4. The van der Waals surface area contributed by atoms with E-state index < -0.39 is 0 Å². The summed E-state index contributed by atoms with van der Waals surface area (Å²) in [4.78, 5) is 34.5. The van der Waals surface area contributed by atoms with Gasteiger partial charge in [0.05, 0.1) is 23.3 Å². The fourth-order valence-corrected chi connectivity index (χ4v) is 5.26. The molecule has 2 amide bonds. The monoisotopic (exact) mass is 446 g/mol. The molecule has 2 atom stereocenters. The van der Waals surface area contributed by atoms with Crippen LogP contribution in [0.15, 0.2) is 48.8 Å². The number of imidazole rings is 1. The highest BCUT2D eigenvalue weighted by atomic mass is 16.6. The second kappa shape index (κ2) is 8.10. The van der Waals surface area contributed by atoms with Crippen LogP contribution in [0.2, 0.25) is 0 Å². The zero-order valence-electron chi connectivity index (χ0n) is 18.4. The molecule has 3 aliphatic rings. The number of aromatic nitrogens is 2. The van der Waals surface area contributed by atoms with Gasteiger partial charge >= 0.3 is 0 Å². The quantitative estimate of drug-likeness (QED) is 0.616. The van der Waals surface area contributed by atoms with Gasteiger partial charge in [-0.2, -0.15) is 0 Å². The summed E-state index contributed by atoms with van der Waals surface area (Å²) < 4.78 is 13.4. The third-order valence-corrected chi connectivity index (χ3v) is 6.91. The van der Waals surface area contributed by atoms with Crippen LogP contribution in [0.5, 0.6) is 11.5 Å². The molecule has 4 heterocycles. The van der Waals surface area contributed by atoms with E-state index in [1.807, 2.05) is 47.6 Å². The first kappa shape index (κ1) is 20.1. The third-order valence-electron chi connectivity index (χ3n) is 6.91. The maximum Gasteiger partial charge on any atom is 0.228 e. The Labute approximate surface area is 191 Å². The third kappa shape index (κ3) is 3.59. The lowest BCUT2D eigenvalue weighted by Crippen LogP contribution is -2.42. The summed E-state index contributed by atoms with van der Waals surface area (Å²) in [7, 11) is 0. The fraction of sp³-hybridized carbons (Fsp3) is 0.400. The Morgan fingerprint density at radius 1 is 1.09 bits per heavy atom. The Morgan fingerprint density at radius 2 is 1.94 bits per heavy atom. The van der Waals surface area contributed by atoms with Crippen LogP contribution in [0.4, 0.5) is 5.69 Å². The van der Waals surface area contributed by atoms with Crippen molar-refractivity contribution in [3.63, 3.8) is 0 Å². The van der Waals surface area contributed by atoms with E-state index in [-0.39, 0.29) is 30.2 Å². The standard InChI is InChI=1S/C25H26N4O4/c30-24-12-17(14-29(24)18-7-8-22-23(13-18)33-11-10-32-22)25(31)28-9-3-4-19(28)15-27-16-26-20-5-1-2-6-21(20)27/h1-2,5-8,13,16-17,19H,3-4,9-12,14-15H2. The van der Waals surface area contributed by atoms with Gasteiger partial charge in [-0.3, -0.25) is 9.59 Å². The van der Waals surface area contributed by atoms with Gasteiger partial charge in [-0.05, 0) is 37.1 Å². The lowest BCUT2D eigenvalue weighted by Gasteiger charge is -2.28. The summed E-state index contributed by atoms with van der Waals surface area (Å²) in [5.74, 6) is 1.06. The second-order valence-electron chi connectivity index (χ2n) is 8.95. The molecular weight excluding hydrogens is 420 g/mol. The maximum absolute atomic E-state index is 13.5. The summed E-state index contributed by atoms with van der Waals surface area (Å²) in [6.07, 6.45) is 4.04. The number of anilines is 1. The van der Waals surface area contributed by atoms with Crippen molar-refractivity contribution in [3.8, 4) is 11.5 Å². The molecule has 0 radical (unpaired) electrons. The first-order valence-electron chi connectivity index (χ1n) is 11.6. The number of likely N-dealkylation sites (tertiary alicyclic amines) is 1. The predicted molar refractivity (Wildman–Crippen MR) is 122 cm³/mol. The smallest absolute Gasteiger partial charge is 0.228 e. The lowest BCUT2D eigenvalue weighted by molar-refractivity contribution is -0.136. The zero-order valence-corrected chi connectivity index (χ0v) is 18.4. The maximum atomic E-state index is 13.5. The van der Waals surface area contributed by atoms with E-state index in [4.69, 9.17) is 9.47 Å². The molecule has 0 spiro atoms. The molecule has 1 aromatic heterocycles. The summed E-state index contributed by atoms with van der Waals surface area (Å²) in [5.41, 5.74) is 2.80. The Kier molecular flexibility index (Phi) is 4.93. The molecule has 3 aliphatic heterocycles. The Balaban J connectivity index is 1.17. The lowest BCUT2D eigenvalue weighted by atomic mass is 10.1. The van der Waals surface area contributed by atoms with Crippen molar-refractivity contribution in [2.45, 2.75) is 31.8 Å². The fourth-order valence-electron chi connectivity index (χ4n) is 5.26. The summed E-state index contributed by atoms with van der Waals surface area (Å²) in [5, 5.41) is 0. The molecule has 2 fully saturated rings. The predicted octanol–water partition coefficient (Wildman–Crippen LogP) is 2.85. The van der Waals surface area contributed by atoms with Gasteiger partial charge in [-0.1, -0.05) is 12.1 Å².